The number of hydrogen-bond acceptors (Lipinski definition) is 3. The standard InChI is InChI=1S/C15H13N3O2/c1-18-14(12-4-2-3-5-13(12)17-18)8-10-9-16-7-6-11(10)15(19)20/h2-7,9H,8H2,1H3,(H,19,20). The monoisotopic (exact) mass is 267 g/mol. The molecule has 1 aromatic carbocycles. The summed E-state index contributed by atoms with van der Waals surface area (Å²) >= 11 is 0. The average Bonchev–Trinajstić information content (AvgIpc) is 2.76. The van der Waals surface area contributed by atoms with Gasteiger partial charge < -0.3 is 5.11 Å². The van der Waals surface area contributed by atoms with E-state index in [1.807, 2.05) is 31.3 Å². The lowest BCUT2D eigenvalue weighted by atomic mass is 10.0. The Morgan fingerprint density at radius 3 is 2.90 bits per heavy atom. The number of rotatable bonds is 3. The van der Waals surface area contributed by atoms with Crippen LogP contribution in [0.2, 0.25) is 0 Å². The van der Waals surface area contributed by atoms with E-state index in [4.69, 9.17) is 0 Å². The molecule has 0 saturated carbocycles. The van der Waals surface area contributed by atoms with E-state index >= 15 is 0 Å². The fraction of sp³-hybridized carbons (Fsp3) is 0.133. The Morgan fingerprint density at radius 1 is 1.30 bits per heavy atom. The van der Waals surface area contributed by atoms with Crippen LogP contribution in [0.25, 0.3) is 10.9 Å². The fourth-order valence-electron chi connectivity index (χ4n) is 2.37. The summed E-state index contributed by atoms with van der Waals surface area (Å²) < 4.78 is 1.79. The Balaban J connectivity index is 2.10. The van der Waals surface area contributed by atoms with Gasteiger partial charge >= 0.3 is 5.97 Å². The van der Waals surface area contributed by atoms with Gasteiger partial charge in [-0.25, -0.2) is 4.79 Å². The molecule has 0 fully saturated rings. The van der Waals surface area contributed by atoms with Crippen LogP contribution in [0.1, 0.15) is 21.6 Å². The topological polar surface area (TPSA) is 68.0 Å². The van der Waals surface area contributed by atoms with Crippen molar-refractivity contribution in [3.63, 3.8) is 0 Å². The molecule has 3 rings (SSSR count). The molecule has 100 valence electrons. The number of carbonyl (C=O) groups is 1. The van der Waals surface area contributed by atoms with Crippen LogP contribution in [0.3, 0.4) is 0 Å². The molecular weight excluding hydrogens is 254 g/mol. The number of aromatic nitrogens is 3. The minimum absolute atomic E-state index is 0.283. The van der Waals surface area contributed by atoms with Crippen molar-refractivity contribution in [2.45, 2.75) is 6.42 Å². The molecule has 0 atom stereocenters. The third-order valence-corrected chi connectivity index (χ3v) is 3.36. The second kappa shape index (κ2) is 4.77. The van der Waals surface area contributed by atoms with Crippen molar-refractivity contribution < 1.29 is 9.90 Å². The molecule has 0 spiro atoms. The molecule has 2 aromatic heterocycles. The molecule has 0 radical (unpaired) electrons. The van der Waals surface area contributed by atoms with Gasteiger partial charge in [-0.05, 0) is 17.7 Å². The molecule has 3 aromatic rings. The van der Waals surface area contributed by atoms with Gasteiger partial charge in [-0.1, -0.05) is 18.2 Å². The number of benzene rings is 1. The number of carboxylic acids is 1. The average molecular weight is 267 g/mol. The summed E-state index contributed by atoms with van der Waals surface area (Å²) in [5, 5.41) is 14.7. The fourth-order valence-corrected chi connectivity index (χ4v) is 2.37. The molecule has 0 aliphatic carbocycles. The van der Waals surface area contributed by atoms with E-state index in [-0.39, 0.29) is 5.56 Å². The highest BCUT2D eigenvalue weighted by Gasteiger charge is 2.14. The van der Waals surface area contributed by atoms with Crippen molar-refractivity contribution in [3.8, 4) is 0 Å². The maximum atomic E-state index is 11.2. The number of aryl methyl sites for hydroxylation is 1. The summed E-state index contributed by atoms with van der Waals surface area (Å²) in [5.74, 6) is -0.936. The van der Waals surface area contributed by atoms with Gasteiger partial charge in [-0.3, -0.25) is 9.67 Å². The van der Waals surface area contributed by atoms with Crippen molar-refractivity contribution in [2.75, 3.05) is 0 Å². The number of hydrogen-bond donors (Lipinski definition) is 1. The number of fused-ring (bicyclic) bond motifs is 1. The Morgan fingerprint density at radius 2 is 2.10 bits per heavy atom. The Labute approximate surface area is 115 Å². The highest BCUT2D eigenvalue weighted by Crippen LogP contribution is 2.21. The van der Waals surface area contributed by atoms with E-state index in [9.17, 15) is 9.90 Å². The van der Waals surface area contributed by atoms with Crippen LogP contribution in [0.5, 0.6) is 0 Å². The van der Waals surface area contributed by atoms with Gasteiger partial charge in [0.2, 0.25) is 0 Å². The summed E-state index contributed by atoms with van der Waals surface area (Å²) in [7, 11) is 1.87. The van der Waals surface area contributed by atoms with Crippen molar-refractivity contribution in [1.29, 1.82) is 0 Å². The number of nitrogens with zero attached hydrogens (tertiary/aromatic N) is 3. The van der Waals surface area contributed by atoms with Gasteiger partial charge in [-0.15, -0.1) is 0 Å². The molecule has 20 heavy (non-hydrogen) atoms. The van der Waals surface area contributed by atoms with E-state index in [1.165, 1.54) is 12.3 Å². The molecule has 1 N–H and O–H groups in total. The summed E-state index contributed by atoms with van der Waals surface area (Å²) in [6, 6.07) is 9.35. The zero-order valence-electron chi connectivity index (χ0n) is 10.9. The van der Waals surface area contributed by atoms with E-state index in [0.29, 0.717) is 12.0 Å². The summed E-state index contributed by atoms with van der Waals surface area (Å²) in [4.78, 5) is 15.3. The first-order chi connectivity index (χ1) is 9.66. The van der Waals surface area contributed by atoms with Crippen LogP contribution in [0.4, 0.5) is 0 Å². The summed E-state index contributed by atoms with van der Waals surface area (Å²) in [5.41, 5.74) is 2.86. The second-order valence-corrected chi connectivity index (χ2v) is 4.60. The molecule has 5 nitrogen and oxygen atoms in total. The Hall–Kier alpha value is -2.69. The third-order valence-electron chi connectivity index (χ3n) is 3.36. The Kier molecular flexibility index (Phi) is 2.95. The van der Waals surface area contributed by atoms with Gasteiger partial charge in [0.25, 0.3) is 0 Å². The maximum Gasteiger partial charge on any atom is 0.336 e. The van der Waals surface area contributed by atoms with Crippen LogP contribution < -0.4 is 0 Å². The maximum absolute atomic E-state index is 11.2. The second-order valence-electron chi connectivity index (χ2n) is 4.60. The zero-order valence-corrected chi connectivity index (χ0v) is 10.9. The molecule has 2 heterocycles. The first kappa shape index (κ1) is 12.3. The molecule has 5 heteroatoms. The predicted octanol–water partition coefficient (Wildman–Crippen LogP) is 2.26. The van der Waals surface area contributed by atoms with Crippen LogP contribution >= 0.6 is 0 Å². The lowest BCUT2D eigenvalue weighted by Gasteiger charge is -2.06. The lowest BCUT2D eigenvalue weighted by molar-refractivity contribution is 0.0695. The summed E-state index contributed by atoms with van der Waals surface area (Å²) in [6.07, 6.45) is 3.59. The molecule has 0 amide bonds. The number of carboxylic acid groups (broad SMARTS) is 1. The van der Waals surface area contributed by atoms with Crippen molar-refractivity contribution in [1.82, 2.24) is 14.8 Å². The predicted molar refractivity (Wildman–Crippen MR) is 74.7 cm³/mol. The van der Waals surface area contributed by atoms with Crippen LogP contribution in [-0.4, -0.2) is 25.8 Å². The quantitative estimate of drug-likeness (QED) is 0.790. The molecule has 0 aliphatic heterocycles. The van der Waals surface area contributed by atoms with Gasteiger partial charge in [0, 0.05) is 31.2 Å². The normalized spacial score (nSPS) is 10.8. The van der Waals surface area contributed by atoms with Crippen molar-refractivity contribution in [2.24, 2.45) is 7.05 Å². The summed E-state index contributed by atoms with van der Waals surface area (Å²) in [6.45, 7) is 0. The molecule has 0 bridgehead atoms. The van der Waals surface area contributed by atoms with Gasteiger partial charge in [-0.2, -0.15) is 5.10 Å². The van der Waals surface area contributed by atoms with Crippen LogP contribution in [0, 0.1) is 0 Å². The van der Waals surface area contributed by atoms with Gasteiger partial charge in [0.15, 0.2) is 0 Å². The minimum atomic E-state index is -0.936. The van der Waals surface area contributed by atoms with Crippen LogP contribution in [0.15, 0.2) is 42.7 Å². The number of aromatic carboxylic acids is 1. The lowest BCUT2D eigenvalue weighted by Crippen LogP contribution is -2.06. The van der Waals surface area contributed by atoms with E-state index < -0.39 is 5.97 Å². The number of pyridine rings is 1. The van der Waals surface area contributed by atoms with Gasteiger partial charge in [0.05, 0.1) is 16.8 Å². The molecule has 0 saturated heterocycles. The SMILES string of the molecule is Cn1nc2ccccc2c1Cc1cnccc1C(=O)O. The smallest absolute Gasteiger partial charge is 0.336 e. The Bertz CT molecular complexity index is 793. The van der Waals surface area contributed by atoms with Crippen molar-refractivity contribution >= 4 is 16.9 Å². The van der Waals surface area contributed by atoms with E-state index in [1.54, 1.807) is 10.9 Å². The van der Waals surface area contributed by atoms with Crippen LogP contribution in [-0.2, 0) is 13.5 Å². The van der Waals surface area contributed by atoms with Gasteiger partial charge in [0.1, 0.15) is 0 Å². The third kappa shape index (κ3) is 2.03. The largest absolute Gasteiger partial charge is 0.478 e. The minimum Gasteiger partial charge on any atom is -0.478 e. The molecule has 0 unspecified atom stereocenters. The van der Waals surface area contributed by atoms with E-state index in [2.05, 4.69) is 10.1 Å². The highest BCUT2D eigenvalue weighted by atomic mass is 16.4. The highest BCUT2D eigenvalue weighted by molar-refractivity contribution is 5.89. The first-order valence-corrected chi connectivity index (χ1v) is 6.23. The molecular formula is C15H13N3O2. The first-order valence-electron chi connectivity index (χ1n) is 6.23. The zero-order chi connectivity index (χ0) is 14.1. The van der Waals surface area contributed by atoms with E-state index in [0.717, 1.165) is 16.6 Å². The van der Waals surface area contributed by atoms with Crippen molar-refractivity contribution in [3.05, 3.63) is 59.5 Å². The molecule has 0 aliphatic rings.